The van der Waals surface area contributed by atoms with Crippen molar-refractivity contribution >= 4 is 17.7 Å². The second kappa shape index (κ2) is 8.41. The number of benzene rings is 2. The van der Waals surface area contributed by atoms with Crippen LogP contribution in [0.5, 0.6) is 5.75 Å². The minimum Gasteiger partial charge on any atom is -0.507 e. The molecule has 0 radical (unpaired) electrons. The molecule has 0 unspecified atom stereocenters. The molecule has 0 spiro atoms. The lowest BCUT2D eigenvalue weighted by molar-refractivity contribution is -0.119. The molecule has 2 aromatic carbocycles. The number of phenols is 1. The number of carbonyl (C=O) groups is 2. The van der Waals surface area contributed by atoms with Crippen molar-refractivity contribution in [3.63, 3.8) is 0 Å². The van der Waals surface area contributed by atoms with E-state index in [0.717, 1.165) is 11.4 Å². The largest absolute Gasteiger partial charge is 0.507 e. The van der Waals surface area contributed by atoms with E-state index in [-0.39, 0.29) is 16.7 Å². The predicted octanol–water partition coefficient (Wildman–Crippen LogP) is 3.98. The number of amides is 1. The molecule has 0 saturated heterocycles. The minimum atomic E-state index is -0.765. The molecule has 7 nitrogen and oxygen atoms in total. The quantitative estimate of drug-likeness (QED) is 0.624. The van der Waals surface area contributed by atoms with E-state index in [2.05, 4.69) is 10.4 Å². The summed E-state index contributed by atoms with van der Waals surface area (Å²) in [5.74, 6) is -0.947. The Balaban J connectivity index is 1.75. The number of carbonyl (C=O) groups excluding carboxylic acids is 2. The summed E-state index contributed by atoms with van der Waals surface area (Å²) in [5, 5.41) is 17.4. The summed E-state index contributed by atoms with van der Waals surface area (Å²) in [6.07, 6.45) is 0. The van der Waals surface area contributed by atoms with Gasteiger partial charge >= 0.3 is 5.97 Å². The third-order valence-electron chi connectivity index (χ3n) is 4.54. The lowest BCUT2D eigenvalue weighted by Gasteiger charge is -2.14. The fourth-order valence-electron chi connectivity index (χ4n) is 2.81. The number of phenolic OH excluding ortho intramolecular Hbond substituents is 1. The number of aryl methyl sites for hydroxylation is 1. The maximum absolute atomic E-state index is 12.5. The lowest BCUT2D eigenvalue weighted by Crippen LogP contribution is -2.22. The highest BCUT2D eigenvalue weighted by molar-refractivity contribution is 5.96. The second-order valence-electron chi connectivity index (χ2n) is 8.01. The Morgan fingerprint density at radius 1 is 1.10 bits per heavy atom. The third-order valence-corrected chi connectivity index (χ3v) is 4.54. The monoisotopic (exact) mass is 407 g/mol. The highest BCUT2D eigenvalue weighted by Crippen LogP contribution is 2.26. The molecule has 1 heterocycles. The fraction of sp³-hybridized carbons (Fsp3) is 0.261. The number of hydrogen-bond donors (Lipinski definition) is 2. The Morgan fingerprint density at radius 3 is 2.47 bits per heavy atom. The molecule has 7 heteroatoms. The summed E-state index contributed by atoms with van der Waals surface area (Å²) in [6.45, 7) is 7.29. The molecule has 2 N–H and O–H groups in total. The van der Waals surface area contributed by atoms with E-state index in [1.54, 1.807) is 29.8 Å². The molecule has 0 fully saturated rings. The van der Waals surface area contributed by atoms with Crippen molar-refractivity contribution in [1.29, 1.82) is 0 Å². The van der Waals surface area contributed by atoms with E-state index in [9.17, 15) is 14.7 Å². The highest BCUT2D eigenvalue weighted by atomic mass is 16.5. The van der Waals surface area contributed by atoms with Crippen LogP contribution >= 0.6 is 0 Å². The number of anilines is 1. The summed E-state index contributed by atoms with van der Waals surface area (Å²) in [6, 6.07) is 16.0. The van der Waals surface area contributed by atoms with Crippen molar-refractivity contribution in [3.8, 4) is 11.4 Å². The van der Waals surface area contributed by atoms with E-state index >= 15 is 0 Å². The van der Waals surface area contributed by atoms with Gasteiger partial charge in [-0.15, -0.1) is 0 Å². The van der Waals surface area contributed by atoms with Gasteiger partial charge in [-0.1, -0.05) is 51.1 Å². The van der Waals surface area contributed by atoms with Crippen LogP contribution in [0, 0.1) is 6.92 Å². The molecule has 3 aromatic rings. The predicted molar refractivity (Wildman–Crippen MR) is 114 cm³/mol. The van der Waals surface area contributed by atoms with Gasteiger partial charge in [-0.2, -0.15) is 5.10 Å². The first kappa shape index (κ1) is 21.1. The van der Waals surface area contributed by atoms with Crippen molar-refractivity contribution in [2.45, 2.75) is 33.1 Å². The van der Waals surface area contributed by atoms with Gasteiger partial charge in [0.15, 0.2) is 6.61 Å². The first-order valence-electron chi connectivity index (χ1n) is 9.58. The molecule has 1 amide bonds. The van der Waals surface area contributed by atoms with Crippen LogP contribution in [0.3, 0.4) is 0 Å². The van der Waals surface area contributed by atoms with Gasteiger partial charge in [-0.3, -0.25) is 4.79 Å². The molecular formula is C23H25N3O4. The summed E-state index contributed by atoms with van der Waals surface area (Å²) >= 11 is 0. The molecule has 30 heavy (non-hydrogen) atoms. The Labute approximate surface area is 175 Å². The first-order valence-corrected chi connectivity index (χ1v) is 9.58. The normalized spacial score (nSPS) is 11.2. The van der Waals surface area contributed by atoms with Crippen molar-refractivity contribution in [1.82, 2.24) is 9.78 Å². The highest BCUT2D eigenvalue weighted by Gasteiger charge is 2.22. The zero-order valence-electron chi connectivity index (χ0n) is 17.5. The number of aromatic hydroxyl groups is 1. The summed E-state index contributed by atoms with van der Waals surface area (Å²) in [7, 11) is 0. The van der Waals surface area contributed by atoms with Crippen LogP contribution in [-0.4, -0.2) is 33.4 Å². The standard InChI is InChI=1S/C23H25N3O4/c1-15-9-8-12-17(21(15)28)22(29)30-14-20(27)24-19-13-18(23(2,3)4)25-26(19)16-10-6-5-7-11-16/h5-13,28H,14H2,1-4H3,(H,24,27). The Hall–Kier alpha value is -3.61. The number of aromatic nitrogens is 2. The van der Waals surface area contributed by atoms with Gasteiger partial charge in [-0.05, 0) is 30.7 Å². The van der Waals surface area contributed by atoms with Gasteiger partial charge in [0, 0.05) is 11.5 Å². The fourth-order valence-corrected chi connectivity index (χ4v) is 2.81. The number of ether oxygens (including phenoxy) is 1. The van der Waals surface area contributed by atoms with Gasteiger partial charge in [0.1, 0.15) is 17.1 Å². The van der Waals surface area contributed by atoms with Gasteiger partial charge in [-0.25, -0.2) is 9.48 Å². The summed E-state index contributed by atoms with van der Waals surface area (Å²) in [5.41, 5.74) is 1.96. The lowest BCUT2D eigenvalue weighted by atomic mass is 9.92. The molecule has 0 aliphatic rings. The van der Waals surface area contributed by atoms with Crippen LogP contribution in [0.4, 0.5) is 5.82 Å². The zero-order chi connectivity index (χ0) is 21.9. The molecule has 0 atom stereocenters. The van der Waals surface area contributed by atoms with E-state index in [0.29, 0.717) is 11.4 Å². The van der Waals surface area contributed by atoms with Gasteiger partial charge in [0.25, 0.3) is 5.91 Å². The van der Waals surface area contributed by atoms with Gasteiger partial charge in [0.05, 0.1) is 11.4 Å². The maximum atomic E-state index is 12.5. The molecule has 3 rings (SSSR count). The average Bonchev–Trinajstić information content (AvgIpc) is 3.13. The van der Waals surface area contributed by atoms with Crippen molar-refractivity contribution in [2.24, 2.45) is 0 Å². The van der Waals surface area contributed by atoms with E-state index in [4.69, 9.17) is 4.74 Å². The summed E-state index contributed by atoms with van der Waals surface area (Å²) in [4.78, 5) is 24.7. The molecular weight excluding hydrogens is 382 g/mol. The number of esters is 1. The number of rotatable bonds is 5. The summed E-state index contributed by atoms with van der Waals surface area (Å²) < 4.78 is 6.72. The van der Waals surface area contributed by atoms with Crippen LogP contribution < -0.4 is 5.32 Å². The molecule has 0 aliphatic heterocycles. The second-order valence-corrected chi connectivity index (χ2v) is 8.01. The zero-order valence-corrected chi connectivity index (χ0v) is 17.5. The minimum absolute atomic E-state index is 0.0205. The van der Waals surface area contributed by atoms with E-state index in [1.807, 2.05) is 51.1 Å². The van der Waals surface area contributed by atoms with Gasteiger partial charge in [0.2, 0.25) is 0 Å². The van der Waals surface area contributed by atoms with Gasteiger partial charge < -0.3 is 15.2 Å². The molecule has 0 saturated carbocycles. The molecule has 0 aliphatic carbocycles. The molecule has 1 aromatic heterocycles. The SMILES string of the molecule is Cc1cccc(C(=O)OCC(=O)Nc2cc(C(C)(C)C)nn2-c2ccccc2)c1O. The molecule has 0 bridgehead atoms. The Bertz CT molecular complexity index is 1070. The van der Waals surface area contributed by atoms with Crippen LogP contribution in [0.2, 0.25) is 0 Å². The topological polar surface area (TPSA) is 93.5 Å². The first-order chi connectivity index (χ1) is 14.2. The number of nitrogens with zero attached hydrogens (tertiary/aromatic N) is 2. The smallest absolute Gasteiger partial charge is 0.342 e. The van der Waals surface area contributed by atoms with E-state index < -0.39 is 18.5 Å². The number of nitrogens with one attached hydrogen (secondary N) is 1. The maximum Gasteiger partial charge on any atom is 0.342 e. The number of para-hydroxylation sites is 2. The van der Waals surface area contributed by atoms with Crippen molar-refractivity contribution < 1.29 is 19.4 Å². The van der Waals surface area contributed by atoms with Crippen LogP contribution in [0.25, 0.3) is 5.69 Å². The Kier molecular flexibility index (Phi) is 5.91. The third kappa shape index (κ3) is 4.68. The Morgan fingerprint density at radius 2 is 1.80 bits per heavy atom. The van der Waals surface area contributed by atoms with Crippen LogP contribution in [0.1, 0.15) is 42.4 Å². The van der Waals surface area contributed by atoms with Crippen molar-refractivity contribution in [2.75, 3.05) is 11.9 Å². The van der Waals surface area contributed by atoms with E-state index in [1.165, 1.54) is 6.07 Å². The van der Waals surface area contributed by atoms with Crippen molar-refractivity contribution in [3.05, 3.63) is 71.4 Å². The molecule has 156 valence electrons. The van der Waals surface area contributed by atoms with Crippen LogP contribution in [0.15, 0.2) is 54.6 Å². The number of hydrogen-bond acceptors (Lipinski definition) is 5. The van der Waals surface area contributed by atoms with Crippen LogP contribution in [-0.2, 0) is 14.9 Å². The average molecular weight is 407 g/mol.